The molecule has 112 valence electrons. The van der Waals surface area contributed by atoms with Crippen LogP contribution in [0.5, 0.6) is 0 Å². The average molecular weight is 279 g/mol. The van der Waals surface area contributed by atoms with Gasteiger partial charge < -0.3 is 14.9 Å². The van der Waals surface area contributed by atoms with Gasteiger partial charge in [0.2, 0.25) is 0 Å². The quantitative estimate of drug-likeness (QED) is 0.760. The zero-order valence-electron chi connectivity index (χ0n) is 12.3. The molecular formula is C16H25NO3. The number of aliphatic hydroxyl groups is 2. The molecule has 2 N–H and O–H groups in total. The molecule has 3 rings (SSSR count). The van der Waals surface area contributed by atoms with Crippen molar-refractivity contribution in [2.75, 3.05) is 33.4 Å². The highest BCUT2D eigenvalue weighted by Crippen LogP contribution is 2.51. The van der Waals surface area contributed by atoms with Crippen LogP contribution in [0.1, 0.15) is 32.1 Å². The normalized spacial score (nSPS) is 34.0. The van der Waals surface area contributed by atoms with Crippen molar-refractivity contribution in [3.05, 3.63) is 22.8 Å². The second-order valence-corrected chi connectivity index (χ2v) is 6.09. The van der Waals surface area contributed by atoms with Crippen molar-refractivity contribution in [3.8, 4) is 0 Å². The summed E-state index contributed by atoms with van der Waals surface area (Å²) in [5.41, 5.74) is 3.82. The van der Waals surface area contributed by atoms with Crippen molar-refractivity contribution in [2.45, 2.75) is 43.7 Å². The molecule has 2 aliphatic heterocycles. The Balaban J connectivity index is 2.08. The highest BCUT2D eigenvalue weighted by Gasteiger charge is 2.52. The van der Waals surface area contributed by atoms with Crippen molar-refractivity contribution in [1.29, 1.82) is 0 Å². The van der Waals surface area contributed by atoms with Gasteiger partial charge in [-0.3, -0.25) is 4.90 Å². The van der Waals surface area contributed by atoms with Gasteiger partial charge in [-0.1, -0.05) is 6.08 Å². The Morgan fingerprint density at radius 2 is 2.15 bits per heavy atom. The molecule has 0 aromatic heterocycles. The smallest absolute Gasteiger partial charge is 0.0664 e. The van der Waals surface area contributed by atoms with Crippen LogP contribution in [0.3, 0.4) is 0 Å². The Morgan fingerprint density at radius 3 is 2.85 bits per heavy atom. The lowest BCUT2D eigenvalue weighted by molar-refractivity contribution is 0.0413. The Hall–Kier alpha value is -0.680. The molecule has 4 heteroatoms. The lowest BCUT2D eigenvalue weighted by Crippen LogP contribution is -2.53. The first-order valence-corrected chi connectivity index (χ1v) is 7.66. The maximum Gasteiger partial charge on any atom is 0.0664 e. The fourth-order valence-corrected chi connectivity index (χ4v) is 4.45. The summed E-state index contributed by atoms with van der Waals surface area (Å²) in [4.78, 5) is 2.55. The summed E-state index contributed by atoms with van der Waals surface area (Å²) < 4.78 is 5.62. The summed E-state index contributed by atoms with van der Waals surface area (Å²) in [6.07, 6.45) is 7.25. The first-order valence-electron chi connectivity index (χ1n) is 7.66. The average Bonchev–Trinajstić information content (AvgIpc) is 2.86. The van der Waals surface area contributed by atoms with Gasteiger partial charge in [-0.25, -0.2) is 0 Å². The largest absolute Gasteiger partial charge is 0.396 e. The molecule has 1 aliphatic carbocycles. The van der Waals surface area contributed by atoms with Gasteiger partial charge in [-0.15, -0.1) is 0 Å². The van der Waals surface area contributed by atoms with Crippen LogP contribution in [-0.4, -0.2) is 60.2 Å². The maximum absolute atomic E-state index is 9.71. The summed E-state index contributed by atoms with van der Waals surface area (Å²) >= 11 is 0. The molecule has 0 aromatic carbocycles. The molecule has 0 bridgehead atoms. The van der Waals surface area contributed by atoms with Crippen LogP contribution in [0.15, 0.2) is 22.8 Å². The Bertz CT molecular complexity index is 443. The molecule has 0 amide bonds. The summed E-state index contributed by atoms with van der Waals surface area (Å²) in [5.74, 6) is 0. The molecule has 0 unspecified atom stereocenters. The molecular weight excluding hydrogens is 254 g/mol. The number of hydrogen-bond acceptors (Lipinski definition) is 4. The Labute approximate surface area is 120 Å². The molecule has 0 aromatic rings. The van der Waals surface area contributed by atoms with E-state index >= 15 is 0 Å². The van der Waals surface area contributed by atoms with Gasteiger partial charge in [-0.2, -0.15) is 0 Å². The van der Waals surface area contributed by atoms with E-state index in [2.05, 4.69) is 11.0 Å². The minimum absolute atomic E-state index is 0.0715. The molecule has 3 aliphatic rings. The number of hydrogen-bond donors (Lipinski definition) is 2. The zero-order chi connectivity index (χ0) is 14.2. The molecule has 2 atom stereocenters. The van der Waals surface area contributed by atoms with Gasteiger partial charge in [0.15, 0.2) is 0 Å². The van der Waals surface area contributed by atoms with Crippen LogP contribution in [-0.2, 0) is 4.74 Å². The predicted octanol–water partition coefficient (Wildman–Crippen LogP) is 1.24. The van der Waals surface area contributed by atoms with Crippen molar-refractivity contribution in [3.63, 3.8) is 0 Å². The second-order valence-electron chi connectivity index (χ2n) is 6.09. The van der Waals surface area contributed by atoms with E-state index in [-0.39, 0.29) is 24.9 Å². The Kier molecular flexibility index (Phi) is 4.00. The van der Waals surface area contributed by atoms with Crippen LogP contribution in [0.4, 0.5) is 0 Å². The number of rotatable bonds is 4. The summed E-state index contributed by atoms with van der Waals surface area (Å²) in [6, 6.07) is 0. The van der Waals surface area contributed by atoms with E-state index in [1.807, 2.05) is 0 Å². The van der Waals surface area contributed by atoms with Crippen LogP contribution in [0.25, 0.3) is 0 Å². The third-order valence-electron chi connectivity index (χ3n) is 5.37. The highest BCUT2D eigenvalue weighted by molar-refractivity contribution is 5.46. The SMILES string of the molecule is CO[C@H]1CC=C2CCN3CCC(CO)=C(CCO)[C@]23C1. The van der Waals surface area contributed by atoms with E-state index in [0.717, 1.165) is 44.3 Å². The van der Waals surface area contributed by atoms with E-state index < -0.39 is 0 Å². The second kappa shape index (κ2) is 5.60. The van der Waals surface area contributed by atoms with Crippen molar-refractivity contribution in [1.82, 2.24) is 4.90 Å². The molecule has 1 fully saturated rings. The minimum atomic E-state index is -0.0715. The number of methoxy groups -OCH3 is 1. The van der Waals surface area contributed by atoms with Crippen LogP contribution in [0.2, 0.25) is 0 Å². The summed E-state index contributed by atoms with van der Waals surface area (Å²) in [6.45, 7) is 2.38. The van der Waals surface area contributed by atoms with Crippen LogP contribution >= 0.6 is 0 Å². The number of aliphatic hydroxyl groups excluding tert-OH is 2. The highest BCUT2D eigenvalue weighted by atomic mass is 16.5. The van der Waals surface area contributed by atoms with E-state index in [4.69, 9.17) is 4.74 Å². The molecule has 0 radical (unpaired) electrons. The molecule has 1 spiro atoms. The fourth-order valence-electron chi connectivity index (χ4n) is 4.45. The standard InChI is InChI=1S/C16H25NO3/c1-20-14-3-2-13-5-8-17-7-4-12(11-19)15(6-9-18)16(13,17)10-14/h2,14,18-19H,3-11H2,1H3/t14-,16-/m0/s1. The number of nitrogens with zero attached hydrogens (tertiary/aromatic N) is 1. The first kappa shape index (κ1) is 14.3. The molecule has 1 saturated heterocycles. The van der Waals surface area contributed by atoms with Crippen molar-refractivity contribution < 1.29 is 14.9 Å². The van der Waals surface area contributed by atoms with Gasteiger partial charge in [0.05, 0.1) is 18.2 Å². The van der Waals surface area contributed by atoms with Crippen molar-refractivity contribution >= 4 is 0 Å². The third-order valence-corrected chi connectivity index (χ3v) is 5.37. The first-order chi connectivity index (χ1) is 9.76. The predicted molar refractivity (Wildman–Crippen MR) is 77.5 cm³/mol. The monoisotopic (exact) mass is 279 g/mol. The van der Waals surface area contributed by atoms with Gasteiger partial charge >= 0.3 is 0 Å². The molecule has 20 heavy (non-hydrogen) atoms. The van der Waals surface area contributed by atoms with E-state index in [0.29, 0.717) is 6.42 Å². The van der Waals surface area contributed by atoms with Gasteiger partial charge in [-0.05, 0) is 48.8 Å². The van der Waals surface area contributed by atoms with Crippen molar-refractivity contribution in [2.24, 2.45) is 0 Å². The van der Waals surface area contributed by atoms with E-state index in [1.165, 1.54) is 11.1 Å². The lowest BCUT2D eigenvalue weighted by atomic mass is 9.69. The number of ether oxygens (including phenoxy) is 1. The molecule has 0 saturated carbocycles. The topological polar surface area (TPSA) is 52.9 Å². The third kappa shape index (κ3) is 1.98. The molecule has 4 nitrogen and oxygen atoms in total. The van der Waals surface area contributed by atoms with E-state index in [1.54, 1.807) is 7.11 Å². The fraction of sp³-hybridized carbons (Fsp3) is 0.750. The van der Waals surface area contributed by atoms with Crippen LogP contribution in [0, 0.1) is 0 Å². The molecule has 2 heterocycles. The van der Waals surface area contributed by atoms with Gasteiger partial charge in [0.1, 0.15) is 0 Å². The van der Waals surface area contributed by atoms with Crippen LogP contribution < -0.4 is 0 Å². The zero-order valence-corrected chi connectivity index (χ0v) is 12.3. The van der Waals surface area contributed by atoms with Gasteiger partial charge in [0, 0.05) is 26.8 Å². The maximum atomic E-state index is 9.71. The lowest BCUT2D eigenvalue weighted by Gasteiger charge is -2.49. The summed E-state index contributed by atoms with van der Waals surface area (Å²) in [7, 11) is 1.78. The Morgan fingerprint density at radius 1 is 1.35 bits per heavy atom. The van der Waals surface area contributed by atoms with E-state index in [9.17, 15) is 10.2 Å². The minimum Gasteiger partial charge on any atom is -0.396 e. The summed E-state index contributed by atoms with van der Waals surface area (Å²) in [5, 5.41) is 19.2. The van der Waals surface area contributed by atoms with Gasteiger partial charge in [0.25, 0.3) is 0 Å².